The lowest BCUT2D eigenvalue weighted by molar-refractivity contribution is -0.125. The number of carbonyl (C=O) groups excluding carboxylic acids is 1. The number of nitrogens with two attached hydrogens (primary N) is 1. The van der Waals surface area contributed by atoms with Crippen molar-refractivity contribution >= 4 is 17.2 Å². The average molecular weight is 216 g/mol. The molecule has 1 atom stereocenters. The summed E-state index contributed by atoms with van der Waals surface area (Å²) in [6, 6.07) is 3.68. The molecule has 1 amide bonds. The van der Waals surface area contributed by atoms with Gasteiger partial charge in [-0.15, -0.1) is 11.3 Å². The predicted octanol–water partition coefficient (Wildman–Crippen LogP) is -0.212. The Hall–Kier alpha value is -0.950. The summed E-state index contributed by atoms with van der Waals surface area (Å²) in [6.45, 7) is 0.0327. The molecule has 6 heteroatoms. The van der Waals surface area contributed by atoms with Crippen LogP contribution >= 0.6 is 11.3 Å². The molecule has 0 aliphatic rings. The van der Waals surface area contributed by atoms with E-state index in [9.17, 15) is 9.90 Å². The standard InChI is InChI=1S/C8H12N2O3S/c9-8(12)5-13-10-4-6(11)7-2-1-3-14-7/h1-3,6,10-11H,4-5H2,(H2,9,12). The molecular weight excluding hydrogens is 204 g/mol. The Labute approximate surface area is 85.4 Å². The zero-order chi connectivity index (χ0) is 10.4. The summed E-state index contributed by atoms with van der Waals surface area (Å²) in [7, 11) is 0. The first-order valence-corrected chi connectivity index (χ1v) is 4.92. The maximum Gasteiger partial charge on any atom is 0.245 e. The van der Waals surface area contributed by atoms with Crippen molar-refractivity contribution in [3.8, 4) is 0 Å². The van der Waals surface area contributed by atoms with Crippen LogP contribution in [0.25, 0.3) is 0 Å². The summed E-state index contributed by atoms with van der Waals surface area (Å²) in [5.74, 6) is -0.553. The van der Waals surface area contributed by atoms with E-state index in [0.29, 0.717) is 0 Å². The van der Waals surface area contributed by atoms with Crippen molar-refractivity contribution in [3.63, 3.8) is 0 Å². The number of nitrogens with one attached hydrogen (secondary N) is 1. The zero-order valence-corrected chi connectivity index (χ0v) is 8.29. The van der Waals surface area contributed by atoms with Crippen molar-refractivity contribution in [1.29, 1.82) is 0 Å². The van der Waals surface area contributed by atoms with E-state index in [4.69, 9.17) is 5.73 Å². The van der Waals surface area contributed by atoms with E-state index in [0.717, 1.165) is 4.88 Å². The molecule has 0 aromatic carbocycles. The number of carbonyl (C=O) groups is 1. The number of hydrogen-bond donors (Lipinski definition) is 3. The number of thiophene rings is 1. The van der Waals surface area contributed by atoms with E-state index in [-0.39, 0.29) is 13.2 Å². The smallest absolute Gasteiger partial charge is 0.245 e. The second kappa shape index (κ2) is 5.71. The van der Waals surface area contributed by atoms with E-state index in [1.165, 1.54) is 11.3 Å². The van der Waals surface area contributed by atoms with Crippen LogP contribution in [0, 0.1) is 0 Å². The molecule has 0 saturated carbocycles. The maximum absolute atomic E-state index is 10.3. The van der Waals surface area contributed by atoms with E-state index < -0.39 is 12.0 Å². The van der Waals surface area contributed by atoms with Gasteiger partial charge in [0, 0.05) is 4.88 Å². The predicted molar refractivity (Wildman–Crippen MR) is 52.4 cm³/mol. The van der Waals surface area contributed by atoms with Crippen molar-refractivity contribution in [2.75, 3.05) is 13.2 Å². The SMILES string of the molecule is NC(=O)CONCC(O)c1cccs1. The van der Waals surface area contributed by atoms with Gasteiger partial charge >= 0.3 is 0 Å². The third kappa shape index (κ3) is 3.84. The molecule has 0 radical (unpaired) electrons. The second-order valence-corrected chi connectivity index (χ2v) is 3.61. The summed E-state index contributed by atoms with van der Waals surface area (Å²) in [5.41, 5.74) is 7.30. The van der Waals surface area contributed by atoms with Crippen LogP contribution < -0.4 is 11.2 Å². The number of primary amides is 1. The van der Waals surface area contributed by atoms with Crippen LogP contribution in [-0.2, 0) is 9.63 Å². The van der Waals surface area contributed by atoms with Gasteiger partial charge < -0.3 is 10.8 Å². The van der Waals surface area contributed by atoms with Crippen molar-refractivity contribution in [1.82, 2.24) is 5.48 Å². The van der Waals surface area contributed by atoms with Crippen LogP contribution in [0.3, 0.4) is 0 Å². The average Bonchev–Trinajstić information content (AvgIpc) is 2.64. The van der Waals surface area contributed by atoms with Crippen LogP contribution in [0.2, 0.25) is 0 Å². The molecular formula is C8H12N2O3S. The third-order valence-electron chi connectivity index (χ3n) is 1.46. The van der Waals surface area contributed by atoms with Gasteiger partial charge in [0.15, 0.2) is 0 Å². The Balaban J connectivity index is 2.16. The summed E-state index contributed by atoms with van der Waals surface area (Å²) >= 11 is 1.46. The minimum absolute atomic E-state index is 0.197. The largest absolute Gasteiger partial charge is 0.386 e. The molecule has 4 N–H and O–H groups in total. The lowest BCUT2D eigenvalue weighted by atomic mass is 10.3. The molecule has 0 aliphatic carbocycles. The summed E-state index contributed by atoms with van der Waals surface area (Å²) in [6.07, 6.45) is -0.622. The highest BCUT2D eigenvalue weighted by molar-refractivity contribution is 7.10. The molecule has 0 bridgehead atoms. The first kappa shape index (κ1) is 11.1. The molecule has 0 saturated heterocycles. The van der Waals surface area contributed by atoms with Crippen molar-refractivity contribution in [2.24, 2.45) is 5.73 Å². The summed E-state index contributed by atoms with van der Waals surface area (Å²) in [4.78, 5) is 15.8. The van der Waals surface area contributed by atoms with Gasteiger partial charge in [-0.3, -0.25) is 9.63 Å². The van der Waals surface area contributed by atoms with Crippen molar-refractivity contribution in [3.05, 3.63) is 22.4 Å². The molecule has 1 rings (SSSR count). The first-order chi connectivity index (χ1) is 6.70. The molecule has 78 valence electrons. The van der Waals surface area contributed by atoms with Crippen molar-refractivity contribution < 1.29 is 14.7 Å². The van der Waals surface area contributed by atoms with Crippen LogP contribution in [0.1, 0.15) is 11.0 Å². The minimum Gasteiger partial charge on any atom is -0.386 e. The quantitative estimate of drug-likeness (QED) is 0.453. The number of hydroxylamine groups is 1. The molecule has 1 aromatic heterocycles. The molecule has 0 spiro atoms. The Morgan fingerprint density at radius 2 is 2.57 bits per heavy atom. The Bertz CT molecular complexity index is 276. The highest BCUT2D eigenvalue weighted by Gasteiger charge is 2.07. The lowest BCUT2D eigenvalue weighted by Crippen LogP contribution is -2.27. The number of hydrogen-bond acceptors (Lipinski definition) is 5. The Morgan fingerprint density at radius 3 is 3.14 bits per heavy atom. The molecule has 1 heterocycles. The summed E-state index contributed by atoms with van der Waals surface area (Å²) < 4.78 is 0. The monoisotopic (exact) mass is 216 g/mol. The van der Waals surface area contributed by atoms with E-state index >= 15 is 0 Å². The van der Waals surface area contributed by atoms with Crippen molar-refractivity contribution in [2.45, 2.75) is 6.10 Å². The molecule has 0 aliphatic heterocycles. The van der Waals surface area contributed by atoms with Gasteiger partial charge in [0.25, 0.3) is 0 Å². The Kier molecular flexibility index (Phi) is 4.54. The van der Waals surface area contributed by atoms with Gasteiger partial charge in [-0.2, -0.15) is 5.48 Å². The maximum atomic E-state index is 10.3. The first-order valence-electron chi connectivity index (χ1n) is 4.04. The fraction of sp³-hybridized carbons (Fsp3) is 0.375. The van der Waals surface area contributed by atoms with E-state index in [1.54, 1.807) is 0 Å². The second-order valence-electron chi connectivity index (χ2n) is 2.63. The van der Waals surface area contributed by atoms with E-state index in [2.05, 4.69) is 10.3 Å². The number of aliphatic hydroxyl groups is 1. The van der Waals surface area contributed by atoms with Gasteiger partial charge in [0.1, 0.15) is 12.7 Å². The molecule has 0 fully saturated rings. The highest BCUT2D eigenvalue weighted by atomic mass is 32.1. The normalized spacial score (nSPS) is 12.6. The molecule has 14 heavy (non-hydrogen) atoms. The fourth-order valence-corrected chi connectivity index (χ4v) is 1.55. The van der Waals surface area contributed by atoms with Crippen LogP contribution in [0.15, 0.2) is 17.5 Å². The van der Waals surface area contributed by atoms with Gasteiger partial charge in [0.05, 0.1) is 6.54 Å². The lowest BCUT2D eigenvalue weighted by Gasteiger charge is -2.08. The number of aliphatic hydroxyl groups excluding tert-OH is 1. The number of rotatable bonds is 6. The van der Waals surface area contributed by atoms with Crippen LogP contribution in [-0.4, -0.2) is 24.2 Å². The third-order valence-corrected chi connectivity index (χ3v) is 2.44. The fourth-order valence-electron chi connectivity index (χ4n) is 0.841. The highest BCUT2D eigenvalue weighted by Crippen LogP contribution is 2.17. The van der Waals surface area contributed by atoms with Crippen LogP contribution in [0.5, 0.6) is 0 Å². The summed E-state index contributed by atoms with van der Waals surface area (Å²) in [5, 5.41) is 11.4. The zero-order valence-electron chi connectivity index (χ0n) is 7.47. The van der Waals surface area contributed by atoms with Crippen LogP contribution in [0.4, 0.5) is 0 Å². The number of amides is 1. The Morgan fingerprint density at radius 1 is 1.79 bits per heavy atom. The molecule has 5 nitrogen and oxygen atoms in total. The van der Waals surface area contributed by atoms with Gasteiger partial charge in [-0.25, -0.2) is 0 Å². The minimum atomic E-state index is -0.622. The van der Waals surface area contributed by atoms with Gasteiger partial charge in [-0.05, 0) is 11.4 Å². The molecule has 1 aromatic rings. The topological polar surface area (TPSA) is 84.6 Å². The molecule has 1 unspecified atom stereocenters. The van der Waals surface area contributed by atoms with Gasteiger partial charge in [0.2, 0.25) is 5.91 Å². The van der Waals surface area contributed by atoms with Gasteiger partial charge in [-0.1, -0.05) is 6.07 Å². The van der Waals surface area contributed by atoms with E-state index in [1.807, 2.05) is 17.5 Å².